The highest BCUT2D eigenvalue weighted by molar-refractivity contribution is 6.17. The predicted octanol–water partition coefficient (Wildman–Crippen LogP) is 4.02. The molecule has 0 saturated heterocycles. The second kappa shape index (κ2) is 8.31. The van der Waals surface area contributed by atoms with Gasteiger partial charge in [-0.05, 0) is 44.1 Å². The third-order valence-corrected chi connectivity index (χ3v) is 4.33. The first kappa shape index (κ1) is 15.4. The molecule has 1 aromatic rings. The smallest absolute Gasteiger partial charge is 0.222 e. The number of carbonyl (C=O) groups excluding carboxylic acids is 1. The summed E-state index contributed by atoms with van der Waals surface area (Å²) in [5, 5.41) is 0. The first-order valence-corrected chi connectivity index (χ1v) is 8.24. The van der Waals surface area contributed by atoms with Crippen molar-refractivity contribution in [2.75, 3.05) is 12.4 Å². The highest BCUT2D eigenvalue weighted by atomic mass is 35.5. The van der Waals surface area contributed by atoms with Crippen LogP contribution in [0, 0.1) is 0 Å². The van der Waals surface area contributed by atoms with Crippen LogP contribution in [0.2, 0.25) is 0 Å². The summed E-state index contributed by atoms with van der Waals surface area (Å²) in [5.74, 6) is 0.955. The zero-order valence-corrected chi connectivity index (χ0v) is 12.8. The highest BCUT2D eigenvalue weighted by Gasteiger charge is 2.27. The van der Waals surface area contributed by atoms with Crippen molar-refractivity contribution < 1.29 is 4.79 Å². The molecule has 20 heavy (non-hydrogen) atoms. The lowest BCUT2D eigenvalue weighted by molar-refractivity contribution is -0.135. The SMILES string of the molecule is O=C(CCCc1ccccc1)N(CCCCl)C1CCC1. The van der Waals surface area contributed by atoms with Crippen LogP contribution < -0.4 is 0 Å². The Hall–Kier alpha value is -1.02. The Morgan fingerprint density at radius 3 is 2.55 bits per heavy atom. The Kier molecular flexibility index (Phi) is 6.38. The first-order valence-electron chi connectivity index (χ1n) is 7.70. The van der Waals surface area contributed by atoms with Crippen molar-refractivity contribution in [3.63, 3.8) is 0 Å². The maximum atomic E-state index is 12.4. The van der Waals surface area contributed by atoms with Gasteiger partial charge in [0.05, 0.1) is 0 Å². The molecule has 0 bridgehead atoms. The summed E-state index contributed by atoms with van der Waals surface area (Å²) in [4.78, 5) is 14.4. The van der Waals surface area contributed by atoms with Gasteiger partial charge in [0, 0.05) is 24.9 Å². The van der Waals surface area contributed by atoms with E-state index in [1.165, 1.54) is 24.8 Å². The molecule has 0 heterocycles. The van der Waals surface area contributed by atoms with Gasteiger partial charge in [0.2, 0.25) is 5.91 Å². The maximum absolute atomic E-state index is 12.4. The molecule has 0 atom stereocenters. The standard InChI is InChI=1S/C17H24ClNO/c18-13-6-14-19(16-10-5-11-16)17(20)12-4-9-15-7-2-1-3-8-15/h1-3,7-8,16H,4-6,9-14H2. The molecular weight excluding hydrogens is 270 g/mol. The Balaban J connectivity index is 1.76. The zero-order valence-electron chi connectivity index (χ0n) is 12.1. The van der Waals surface area contributed by atoms with Crippen LogP contribution in [0.5, 0.6) is 0 Å². The lowest BCUT2D eigenvalue weighted by Crippen LogP contribution is -2.44. The molecule has 1 amide bonds. The summed E-state index contributed by atoms with van der Waals surface area (Å²) >= 11 is 5.76. The third-order valence-electron chi connectivity index (χ3n) is 4.07. The van der Waals surface area contributed by atoms with E-state index < -0.39 is 0 Å². The predicted molar refractivity (Wildman–Crippen MR) is 84.1 cm³/mol. The molecule has 0 aromatic heterocycles. The van der Waals surface area contributed by atoms with Crippen molar-refractivity contribution in [3.05, 3.63) is 35.9 Å². The molecule has 2 nitrogen and oxygen atoms in total. The van der Waals surface area contributed by atoms with Crippen molar-refractivity contribution >= 4 is 17.5 Å². The molecule has 2 rings (SSSR count). The van der Waals surface area contributed by atoms with Crippen molar-refractivity contribution in [2.45, 2.75) is 51.0 Å². The van der Waals surface area contributed by atoms with E-state index in [-0.39, 0.29) is 0 Å². The Morgan fingerprint density at radius 2 is 1.95 bits per heavy atom. The molecule has 110 valence electrons. The number of amides is 1. The summed E-state index contributed by atoms with van der Waals surface area (Å²) in [5.41, 5.74) is 1.32. The van der Waals surface area contributed by atoms with Crippen LogP contribution in [-0.2, 0) is 11.2 Å². The fourth-order valence-corrected chi connectivity index (χ4v) is 2.79. The number of halogens is 1. The van der Waals surface area contributed by atoms with Gasteiger partial charge >= 0.3 is 0 Å². The monoisotopic (exact) mass is 293 g/mol. The Labute approximate surface area is 127 Å². The highest BCUT2D eigenvalue weighted by Crippen LogP contribution is 2.26. The number of hydrogen-bond acceptors (Lipinski definition) is 1. The van der Waals surface area contributed by atoms with Gasteiger partial charge in [0.25, 0.3) is 0 Å². The van der Waals surface area contributed by atoms with Gasteiger partial charge in [-0.2, -0.15) is 0 Å². The molecule has 0 N–H and O–H groups in total. The molecule has 1 aliphatic rings. The van der Waals surface area contributed by atoms with Crippen LogP contribution in [0.1, 0.15) is 44.1 Å². The summed E-state index contributed by atoms with van der Waals surface area (Å²) in [6.07, 6.45) is 7.10. The molecule has 0 spiro atoms. The van der Waals surface area contributed by atoms with Crippen LogP contribution >= 0.6 is 11.6 Å². The van der Waals surface area contributed by atoms with Crippen molar-refractivity contribution in [1.29, 1.82) is 0 Å². The number of carbonyl (C=O) groups is 1. The fraction of sp³-hybridized carbons (Fsp3) is 0.588. The lowest BCUT2D eigenvalue weighted by Gasteiger charge is -2.37. The van der Waals surface area contributed by atoms with Crippen molar-refractivity contribution in [2.24, 2.45) is 0 Å². The minimum absolute atomic E-state index is 0.316. The molecule has 1 aromatic carbocycles. The fourth-order valence-electron chi connectivity index (χ4n) is 2.67. The molecule has 1 saturated carbocycles. The van der Waals surface area contributed by atoms with Crippen LogP contribution in [0.15, 0.2) is 30.3 Å². The Bertz CT molecular complexity index is 403. The van der Waals surface area contributed by atoms with E-state index in [2.05, 4.69) is 29.2 Å². The van der Waals surface area contributed by atoms with E-state index in [1.807, 2.05) is 6.07 Å². The van der Waals surface area contributed by atoms with Gasteiger partial charge in [0.15, 0.2) is 0 Å². The summed E-state index contributed by atoms with van der Waals surface area (Å²) < 4.78 is 0. The zero-order chi connectivity index (χ0) is 14.2. The number of benzene rings is 1. The average molecular weight is 294 g/mol. The van der Waals surface area contributed by atoms with Crippen molar-refractivity contribution in [3.8, 4) is 0 Å². The van der Waals surface area contributed by atoms with E-state index in [1.54, 1.807) is 0 Å². The minimum Gasteiger partial charge on any atom is -0.340 e. The second-order valence-electron chi connectivity index (χ2n) is 5.55. The van der Waals surface area contributed by atoms with E-state index >= 15 is 0 Å². The van der Waals surface area contributed by atoms with Gasteiger partial charge in [-0.3, -0.25) is 4.79 Å². The average Bonchev–Trinajstić information content (AvgIpc) is 2.42. The largest absolute Gasteiger partial charge is 0.340 e. The van der Waals surface area contributed by atoms with Gasteiger partial charge in [-0.15, -0.1) is 11.6 Å². The normalized spacial score (nSPS) is 14.8. The van der Waals surface area contributed by atoms with E-state index in [0.717, 1.165) is 25.8 Å². The minimum atomic E-state index is 0.316. The lowest BCUT2D eigenvalue weighted by atomic mass is 9.91. The number of nitrogens with zero attached hydrogens (tertiary/aromatic N) is 1. The quantitative estimate of drug-likeness (QED) is 0.663. The molecule has 0 aliphatic heterocycles. The molecule has 1 fully saturated rings. The van der Waals surface area contributed by atoms with Crippen LogP contribution in [0.25, 0.3) is 0 Å². The van der Waals surface area contributed by atoms with Crippen LogP contribution in [-0.4, -0.2) is 29.3 Å². The number of aryl methyl sites for hydroxylation is 1. The third kappa shape index (κ3) is 4.52. The summed E-state index contributed by atoms with van der Waals surface area (Å²) in [6.45, 7) is 0.832. The molecular formula is C17H24ClNO. The molecule has 0 radical (unpaired) electrons. The molecule has 1 aliphatic carbocycles. The first-order chi connectivity index (χ1) is 9.81. The van der Waals surface area contributed by atoms with Crippen molar-refractivity contribution in [1.82, 2.24) is 4.90 Å². The van der Waals surface area contributed by atoms with Gasteiger partial charge in [-0.25, -0.2) is 0 Å². The van der Waals surface area contributed by atoms with E-state index in [4.69, 9.17) is 11.6 Å². The summed E-state index contributed by atoms with van der Waals surface area (Å²) in [7, 11) is 0. The maximum Gasteiger partial charge on any atom is 0.222 e. The number of alkyl halides is 1. The van der Waals surface area contributed by atoms with Gasteiger partial charge < -0.3 is 4.90 Å². The summed E-state index contributed by atoms with van der Waals surface area (Å²) in [6, 6.07) is 10.9. The van der Waals surface area contributed by atoms with E-state index in [0.29, 0.717) is 24.2 Å². The topological polar surface area (TPSA) is 20.3 Å². The van der Waals surface area contributed by atoms with E-state index in [9.17, 15) is 4.79 Å². The van der Waals surface area contributed by atoms with Gasteiger partial charge in [-0.1, -0.05) is 30.3 Å². The van der Waals surface area contributed by atoms with Crippen LogP contribution in [0.3, 0.4) is 0 Å². The molecule has 3 heteroatoms. The number of rotatable bonds is 8. The Morgan fingerprint density at radius 1 is 1.20 bits per heavy atom. The number of hydrogen-bond donors (Lipinski definition) is 0. The van der Waals surface area contributed by atoms with Crippen LogP contribution in [0.4, 0.5) is 0 Å². The van der Waals surface area contributed by atoms with Gasteiger partial charge in [0.1, 0.15) is 0 Å². The second-order valence-corrected chi connectivity index (χ2v) is 5.93. The molecule has 0 unspecified atom stereocenters.